The van der Waals surface area contributed by atoms with Gasteiger partial charge in [0.05, 0.1) is 16.9 Å². The number of anilines is 1. The smallest absolute Gasteiger partial charge is 0.340 e. The molecule has 8 heteroatoms. The second-order valence-corrected chi connectivity index (χ2v) is 9.34. The van der Waals surface area contributed by atoms with Gasteiger partial charge in [0.1, 0.15) is 5.69 Å². The number of fused-ring (bicyclic) bond motifs is 1. The topological polar surface area (TPSA) is 82.3 Å². The van der Waals surface area contributed by atoms with Crippen molar-refractivity contribution in [2.24, 2.45) is 13.0 Å². The first-order chi connectivity index (χ1) is 15.3. The van der Waals surface area contributed by atoms with Gasteiger partial charge in [-0.15, -0.1) is 11.3 Å². The van der Waals surface area contributed by atoms with Crippen LogP contribution in [0.25, 0.3) is 5.69 Å². The van der Waals surface area contributed by atoms with E-state index >= 15 is 0 Å². The number of carbonyl (C=O) groups excluding carboxylic acids is 2. The minimum atomic E-state index is -1.04. The van der Waals surface area contributed by atoms with Crippen LogP contribution in [0.5, 0.6) is 0 Å². The molecular weight excluding hydrogens is 426 g/mol. The summed E-state index contributed by atoms with van der Waals surface area (Å²) in [6.07, 6.45) is 1.84. The maximum Gasteiger partial charge on any atom is 0.340 e. The standard InChI is InChI=1S/C24H27N3O4S/c1-14-10-11-18-19(13-32-20(18)12-14)24(30)31-16(3)22(28)25-21-15(2)26(4)27(23(21)29)17-8-6-5-7-9-17/h5-9,13-14,16H,10-12H2,1-4H3,(H,25,28). The third-order valence-corrected chi connectivity index (χ3v) is 7.13. The third-order valence-electron chi connectivity index (χ3n) is 6.08. The SMILES string of the molecule is Cc1c(NC(=O)C(C)OC(=O)c2csc3c2CCC(C)C3)c(=O)n(-c2ccccc2)n1C. The Hall–Kier alpha value is -3.13. The molecule has 0 aliphatic heterocycles. The zero-order valence-electron chi connectivity index (χ0n) is 18.7. The van der Waals surface area contributed by atoms with Crippen LogP contribution in [0.1, 0.15) is 46.8 Å². The first kappa shape index (κ1) is 22.1. The van der Waals surface area contributed by atoms with E-state index in [4.69, 9.17) is 4.74 Å². The lowest BCUT2D eigenvalue weighted by molar-refractivity contribution is -0.123. The molecule has 0 radical (unpaired) electrons. The molecule has 2 heterocycles. The van der Waals surface area contributed by atoms with Crippen molar-refractivity contribution in [1.29, 1.82) is 0 Å². The zero-order chi connectivity index (χ0) is 23.0. The average molecular weight is 454 g/mol. The van der Waals surface area contributed by atoms with Gasteiger partial charge in [0, 0.05) is 17.3 Å². The summed E-state index contributed by atoms with van der Waals surface area (Å²) in [4.78, 5) is 39.7. The number of ether oxygens (including phenoxy) is 1. The Balaban J connectivity index is 1.49. The van der Waals surface area contributed by atoms with Crippen LogP contribution in [0.2, 0.25) is 0 Å². The van der Waals surface area contributed by atoms with Gasteiger partial charge in [0.15, 0.2) is 6.10 Å². The van der Waals surface area contributed by atoms with Gasteiger partial charge in [-0.1, -0.05) is 25.1 Å². The van der Waals surface area contributed by atoms with Crippen molar-refractivity contribution in [2.45, 2.75) is 46.1 Å². The minimum Gasteiger partial charge on any atom is -0.449 e. The normalized spacial score (nSPS) is 16.3. The van der Waals surface area contributed by atoms with Gasteiger partial charge in [0.2, 0.25) is 0 Å². The summed E-state index contributed by atoms with van der Waals surface area (Å²) in [7, 11) is 1.75. The van der Waals surface area contributed by atoms with Crippen LogP contribution in [0.4, 0.5) is 5.69 Å². The summed E-state index contributed by atoms with van der Waals surface area (Å²) in [5, 5.41) is 4.49. The highest BCUT2D eigenvalue weighted by atomic mass is 32.1. The monoisotopic (exact) mass is 453 g/mol. The predicted octanol–water partition coefficient (Wildman–Crippen LogP) is 3.85. The number of esters is 1. The maximum atomic E-state index is 13.0. The third kappa shape index (κ3) is 4.02. The van der Waals surface area contributed by atoms with Crippen LogP contribution < -0.4 is 10.9 Å². The molecule has 1 N–H and O–H groups in total. The van der Waals surface area contributed by atoms with Gasteiger partial charge < -0.3 is 10.1 Å². The van der Waals surface area contributed by atoms with Crippen LogP contribution in [-0.4, -0.2) is 27.3 Å². The molecule has 0 saturated heterocycles. The molecule has 1 aliphatic carbocycles. The van der Waals surface area contributed by atoms with Gasteiger partial charge in [0.25, 0.3) is 11.5 Å². The lowest BCUT2D eigenvalue weighted by Crippen LogP contribution is -2.32. The van der Waals surface area contributed by atoms with Crippen LogP contribution in [0, 0.1) is 12.8 Å². The van der Waals surface area contributed by atoms with E-state index in [2.05, 4.69) is 12.2 Å². The first-order valence-electron chi connectivity index (χ1n) is 10.7. The molecular formula is C24H27N3O4S. The fourth-order valence-corrected chi connectivity index (χ4v) is 5.30. The molecule has 168 valence electrons. The molecule has 0 spiro atoms. The number of carbonyl (C=O) groups is 2. The van der Waals surface area contributed by atoms with Gasteiger partial charge in [-0.25, -0.2) is 9.48 Å². The fraction of sp³-hybridized carbons (Fsp3) is 0.375. The van der Waals surface area contributed by atoms with Gasteiger partial charge in [-0.2, -0.15) is 0 Å². The number of benzene rings is 1. The van der Waals surface area contributed by atoms with E-state index < -0.39 is 18.0 Å². The number of para-hydroxylation sites is 1. The number of nitrogens with zero attached hydrogens (tertiary/aromatic N) is 2. The fourth-order valence-electron chi connectivity index (χ4n) is 4.06. The number of nitrogens with one attached hydrogen (secondary N) is 1. The second-order valence-electron chi connectivity index (χ2n) is 8.37. The molecule has 0 saturated carbocycles. The summed E-state index contributed by atoms with van der Waals surface area (Å²) in [5.41, 5.74) is 2.73. The van der Waals surface area contributed by atoms with Crippen molar-refractivity contribution < 1.29 is 14.3 Å². The van der Waals surface area contributed by atoms with Crippen molar-refractivity contribution in [3.8, 4) is 5.69 Å². The predicted molar refractivity (Wildman–Crippen MR) is 125 cm³/mol. The number of aromatic nitrogens is 2. The lowest BCUT2D eigenvalue weighted by atomic mass is 9.88. The van der Waals surface area contributed by atoms with Crippen molar-refractivity contribution in [1.82, 2.24) is 9.36 Å². The van der Waals surface area contributed by atoms with Crippen molar-refractivity contribution in [3.05, 3.63) is 67.8 Å². The Kier molecular flexibility index (Phi) is 6.06. The molecule has 32 heavy (non-hydrogen) atoms. The zero-order valence-corrected chi connectivity index (χ0v) is 19.5. The molecule has 1 aliphatic rings. The quantitative estimate of drug-likeness (QED) is 0.595. The van der Waals surface area contributed by atoms with Crippen LogP contribution >= 0.6 is 11.3 Å². The second kappa shape index (κ2) is 8.78. The van der Waals surface area contributed by atoms with E-state index in [1.807, 2.05) is 35.7 Å². The first-order valence-corrected chi connectivity index (χ1v) is 11.6. The molecule has 2 aromatic heterocycles. The Morgan fingerprint density at radius 1 is 1.25 bits per heavy atom. The van der Waals surface area contributed by atoms with E-state index in [-0.39, 0.29) is 11.2 Å². The Morgan fingerprint density at radius 3 is 2.69 bits per heavy atom. The average Bonchev–Trinajstić information content (AvgIpc) is 3.28. The molecule has 2 unspecified atom stereocenters. The molecule has 0 fully saturated rings. The van der Waals surface area contributed by atoms with E-state index in [1.54, 1.807) is 30.0 Å². The van der Waals surface area contributed by atoms with E-state index in [1.165, 1.54) is 16.5 Å². The summed E-state index contributed by atoms with van der Waals surface area (Å²) in [5.74, 6) is -0.419. The Bertz CT molecular complexity index is 1220. The van der Waals surface area contributed by atoms with Gasteiger partial charge >= 0.3 is 5.97 Å². The number of hydrogen-bond acceptors (Lipinski definition) is 5. The highest BCUT2D eigenvalue weighted by Crippen LogP contribution is 2.33. The van der Waals surface area contributed by atoms with E-state index in [9.17, 15) is 14.4 Å². The molecule has 0 bridgehead atoms. The molecule has 1 aromatic carbocycles. The number of rotatable bonds is 5. The molecule has 4 rings (SSSR count). The number of hydrogen-bond donors (Lipinski definition) is 1. The van der Waals surface area contributed by atoms with E-state index in [0.717, 1.165) is 24.8 Å². The van der Waals surface area contributed by atoms with Crippen LogP contribution in [0.3, 0.4) is 0 Å². The van der Waals surface area contributed by atoms with Gasteiger partial charge in [-0.3, -0.25) is 14.3 Å². The highest BCUT2D eigenvalue weighted by Gasteiger charge is 2.27. The maximum absolute atomic E-state index is 13.0. The van der Waals surface area contributed by atoms with Crippen LogP contribution in [0.15, 0.2) is 40.5 Å². The summed E-state index contributed by atoms with van der Waals surface area (Å²) in [6, 6.07) is 9.19. The molecule has 3 aromatic rings. The van der Waals surface area contributed by atoms with Crippen molar-refractivity contribution in [2.75, 3.05) is 5.32 Å². The van der Waals surface area contributed by atoms with Crippen molar-refractivity contribution in [3.63, 3.8) is 0 Å². The lowest BCUT2D eigenvalue weighted by Gasteiger charge is -2.19. The number of amides is 1. The molecule has 1 amide bonds. The Morgan fingerprint density at radius 2 is 1.97 bits per heavy atom. The summed E-state index contributed by atoms with van der Waals surface area (Å²) >= 11 is 1.58. The van der Waals surface area contributed by atoms with E-state index in [0.29, 0.717) is 22.9 Å². The molecule has 2 atom stereocenters. The summed E-state index contributed by atoms with van der Waals surface area (Å²) < 4.78 is 8.63. The minimum absolute atomic E-state index is 0.172. The highest BCUT2D eigenvalue weighted by molar-refractivity contribution is 7.10. The summed E-state index contributed by atoms with van der Waals surface area (Å²) in [6.45, 7) is 5.48. The van der Waals surface area contributed by atoms with Crippen LogP contribution in [-0.2, 0) is 29.4 Å². The van der Waals surface area contributed by atoms with Crippen molar-refractivity contribution >= 4 is 28.9 Å². The Labute approximate surface area is 190 Å². The van der Waals surface area contributed by atoms with Gasteiger partial charge in [-0.05, 0) is 56.7 Å². The molecule has 7 nitrogen and oxygen atoms in total. The number of thiophene rings is 1. The largest absolute Gasteiger partial charge is 0.449 e.